The van der Waals surface area contributed by atoms with Crippen LogP contribution in [0.5, 0.6) is 0 Å². The predicted octanol–water partition coefficient (Wildman–Crippen LogP) is 3.85. The van der Waals surface area contributed by atoms with Gasteiger partial charge in [0.1, 0.15) is 0 Å². The lowest BCUT2D eigenvalue weighted by Gasteiger charge is -2.27. The molecule has 0 radical (unpaired) electrons. The molecule has 1 atom stereocenters. The standard InChI is InChI=1S/C12H17BrN2.ClH/c13-11-6-10(7-15-8-11)12(14)9-4-2-1-3-5-9;/h6-9,12H,1-5,14H2;1H/t12-;/m0./s1. The first kappa shape index (κ1) is 13.9. The van der Waals surface area contributed by atoms with E-state index in [4.69, 9.17) is 5.73 Å². The van der Waals surface area contributed by atoms with Crippen molar-refractivity contribution in [3.05, 3.63) is 28.5 Å². The fourth-order valence-electron chi connectivity index (χ4n) is 2.38. The molecule has 16 heavy (non-hydrogen) atoms. The van der Waals surface area contributed by atoms with Gasteiger partial charge in [0.05, 0.1) is 0 Å². The molecule has 1 saturated carbocycles. The van der Waals surface area contributed by atoms with E-state index >= 15 is 0 Å². The lowest BCUT2D eigenvalue weighted by molar-refractivity contribution is 0.308. The van der Waals surface area contributed by atoms with E-state index in [2.05, 4.69) is 27.0 Å². The zero-order valence-corrected chi connectivity index (χ0v) is 11.6. The van der Waals surface area contributed by atoms with Gasteiger partial charge in [-0.25, -0.2) is 0 Å². The van der Waals surface area contributed by atoms with Crippen LogP contribution in [0.25, 0.3) is 0 Å². The van der Waals surface area contributed by atoms with Gasteiger partial charge >= 0.3 is 0 Å². The van der Waals surface area contributed by atoms with Crippen LogP contribution < -0.4 is 5.73 Å². The van der Waals surface area contributed by atoms with Crippen LogP contribution in [0.4, 0.5) is 0 Å². The molecule has 2 N–H and O–H groups in total. The summed E-state index contributed by atoms with van der Waals surface area (Å²) in [6.45, 7) is 0. The summed E-state index contributed by atoms with van der Waals surface area (Å²) >= 11 is 3.44. The van der Waals surface area contributed by atoms with Crippen molar-refractivity contribution < 1.29 is 0 Å². The molecule has 0 amide bonds. The van der Waals surface area contributed by atoms with Crippen LogP contribution >= 0.6 is 28.3 Å². The van der Waals surface area contributed by atoms with Crippen LogP contribution in [-0.2, 0) is 0 Å². The van der Waals surface area contributed by atoms with Crippen molar-refractivity contribution in [1.82, 2.24) is 4.98 Å². The second-order valence-electron chi connectivity index (χ2n) is 4.36. The van der Waals surface area contributed by atoms with Crippen LogP contribution in [-0.4, -0.2) is 4.98 Å². The summed E-state index contributed by atoms with van der Waals surface area (Å²) in [5, 5.41) is 0. The maximum absolute atomic E-state index is 6.28. The Hall–Kier alpha value is -0.120. The third-order valence-electron chi connectivity index (χ3n) is 3.27. The highest BCUT2D eigenvalue weighted by atomic mass is 79.9. The first-order valence-corrected chi connectivity index (χ1v) is 6.42. The molecule has 4 heteroatoms. The average molecular weight is 306 g/mol. The molecule has 2 nitrogen and oxygen atoms in total. The lowest BCUT2D eigenvalue weighted by Crippen LogP contribution is -2.23. The van der Waals surface area contributed by atoms with E-state index < -0.39 is 0 Å². The van der Waals surface area contributed by atoms with E-state index in [1.807, 2.05) is 6.20 Å². The minimum absolute atomic E-state index is 0. The second kappa shape index (κ2) is 6.58. The molecule has 1 aromatic rings. The van der Waals surface area contributed by atoms with Crippen LogP contribution in [0.3, 0.4) is 0 Å². The highest BCUT2D eigenvalue weighted by Crippen LogP contribution is 2.33. The number of aromatic nitrogens is 1. The van der Waals surface area contributed by atoms with Crippen molar-refractivity contribution in [2.75, 3.05) is 0 Å². The Kier molecular flexibility index (Phi) is 5.73. The van der Waals surface area contributed by atoms with Gasteiger partial charge in [-0.3, -0.25) is 4.98 Å². The Morgan fingerprint density at radius 3 is 2.56 bits per heavy atom. The predicted molar refractivity (Wildman–Crippen MR) is 72.7 cm³/mol. The SMILES string of the molecule is Cl.N[C@H](c1cncc(Br)c1)C1CCCCC1. The van der Waals surface area contributed by atoms with Gasteiger partial charge in [0.2, 0.25) is 0 Å². The molecule has 90 valence electrons. The summed E-state index contributed by atoms with van der Waals surface area (Å²) in [4.78, 5) is 4.17. The van der Waals surface area contributed by atoms with E-state index in [9.17, 15) is 0 Å². The first-order valence-electron chi connectivity index (χ1n) is 5.63. The smallest absolute Gasteiger partial charge is 0.0410 e. The molecular weight excluding hydrogens is 288 g/mol. The van der Waals surface area contributed by atoms with E-state index in [-0.39, 0.29) is 18.4 Å². The molecular formula is C12H18BrClN2. The molecule has 0 bridgehead atoms. The quantitative estimate of drug-likeness (QED) is 0.901. The normalized spacial score (nSPS) is 18.9. The number of nitrogens with zero attached hydrogens (tertiary/aromatic N) is 1. The lowest BCUT2D eigenvalue weighted by atomic mass is 9.82. The number of hydrogen-bond acceptors (Lipinski definition) is 2. The molecule has 1 aliphatic carbocycles. The third kappa shape index (κ3) is 3.44. The molecule has 0 aromatic carbocycles. The van der Waals surface area contributed by atoms with Gasteiger partial charge in [0.15, 0.2) is 0 Å². The van der Waals surface area contributed by atoms with Crippen molar-refractivity contribution in [3.63, 3.8) is 0 Å². The second-order valence-corrected chi connectivity index (χ2v) is 5.28. The summed E-state index contributed by atoms with van der Waals surface area (Å²) in [6, 6.07) is 2.25. The number of pyridine rings is 1. The molecule has 1 aliphatic rings. The van der Waals surface area contributed by atoms with Crippen molar-refractivity contribution >= 4 is 28.3 Å². The van der Waals surface area contributed by atoms with Gasteiger partial charge in [-0.2, -0.15) is 0 Å². The first-order chi connectivity index (χ1) is 7.27. The van der Waals surface area contributed by atoms with Gasteiger partial charge in [-0.1, -0.05) is 19.3 Å². The Morgan fingerprint density at radius 2 is 1.94 bits per heavy atom. The topological polar surface area (TPSA) is 38.9 Å². The molecule has 2 rings (SSSR count). The molecule has 0 unspecified atom stereocenters. The van der Waals surface area contributed by atoms with Gasteiger partial charge in [0, 0.05) is 22.9 Å². The van der Waals surface area contributed by atoms with E-state index in [0.29, 0.717) is 5.92 Å². The van der Waals surface area contributed by atoms with Crippen molar-refractivity contribution in [3.8, 4) is 0 Å². The highest BCUT2D eigenvalue weighted by molar-refractivity contribution is 9.10. The van der Waals surface area contributed by atoms with Crippen molar-refractivity contribution in [1.29, 1.82) is 0 Å². The molecule has 1 fully saturated rings. The molecule has 0 saturated heterocycles. The van der Waals surface area contributed by atoms with Gasteiger partial charge < -0.3 is 5.73 Å². The van der Waals surface area contributed by atoms with Crippen LogP contribution in [0.15, 0.2) is 22.9 Å². The van der Waals surface area contributed by atoms with E-state index in [1.165, 1.54) is 32.1 Å². The summed E-state index contributed by atoms with van der Waals surface area (Å²) in [5.41, 5.74) is 7.44. The fraction of sp³-hybridized carbons (Fsp3) is 0.583. The molecule has 1 aromatic heterocycles. The monoisotopic (exact) mass is 304 g/mol. The molecule has 0 spiro atoms. The zero-order chi connectivity index (χ0) is 10.7. The van der Waals surface area contributed by atoms with Crippen LogP contribution in [0.1, 0.15) is 43.7 Å². The Balaban J connectivity index is 0.00000128. The Labute approximate surface area is 112 Å². The Bertz CT molecular complexity index is 327. The van der Waals surface area contributed by atoms with Gasteiger partial charge in [0.25, 0.3) is 0 Å². The summed E-state index contributed by atoms with van der Waals surface area (Å²) in [6.07, 6.45) is 10.3. The van der Waals surface area contributed by atoms with Crippen LogP contribution in [0, 0.1) is 5.92 Å². The van der Waals surface area contributed by atoms with Crippen molar-refractivity contribution in [2.45, 2.75) is 38.1 Å². The molecule has 0 aliphatic heterocycles. The van der Waals surface area contributed by atoms with E-state index in [0.717, 1.165) is 10.0 Å². The number of halogens is 2. The highest BCUT2D eigenvalue weighted by Gasteiger charge is 2.21. The van der Waals surface area contributed by atoms with Crippen LogP contribution in [0.2, 0.25) is 0 Å². The molecule has 1 heterocycles. The number of hydrogen-bond donors (Lipinski definition) is 1. The minimum Gasteiger partial charge on any atom is -0.324 e. The fourth-order valence-corrected chi connectivity index (χ4v) is 2.76. The summed E-state index contributed by atoms with van der Waals surface area (Å²) in [5.74, 6) is 0.648. The third-order valence-corrected chi connectivity index (χ3v) is 3.70. The number of nitrogens with two attached hydrogens (primary N) is 1. The maximum Gasteiger partial charge on any atom is 0.0410 e. The summed E-state index contributed by atoms with van der Waals surface area (Å²) in [7, 11) is 0. The summed E-state index contributed by atoms with van der Waals surface area (Å²) < 4.78 is 1.02. The minimum atomic E-state index is 0. The van der Waals surface area contributed by atoms with Gasteiger partial charge in [-0.05, 0) is 46.3 Å². The van der Waals surface area contributed by atoms with E-state index in [1.54, 1.807) is 6.20 Å². The average Bonchev–Trinajstić information content (AvgIpc) is 2.29. The number of rotatable bonds is 2. The maximum atomic E-state index is 6.28. The van der Waals surface area contributed by atoms with Crippen molar-refractivity contribution in [2.24, 2.45) is 11.7 Å². The van der Waals surface area contributed by atoms with Gasteiger partial charge in [-0.15, -0.1) is 12.4 Å². The Morgan fingerprint density at radius 1 is 1.25 bits per heavy atom. The largest absolute Gasteiger partial charge is 0.324 e. The zero-order valence-electron chi connectivity index (χ0n) is 9.23.